The molecule has 2 aromatic carbocycles. The van der Waals surface area contributed by atoms with E-state index in [1.165, 1.54) is 44.1 Å². The van der Waals surface area contributed by atoms with Crippen LogP contribution < -0.4 is 9.73 Å². The Morgan fingerprint density at radius 1 is 1.06 bits per heavy atom. The Morgan fingerprint density at radius 3 is 2.20 bits per heavy atom. The Kier molecular flexibility index (Phi) is 6.72. The summed E-state index contributed by atoms with van der Waals surface area (Å²) in [6, 6.07) is 15.7. The first kappa shape index (κ1) is 24.7. The quantitative estimate of drug-likeness (QED) is 0.272. The summed E-state index contributed by atoms with van der Waals surface area (Å²) in [5.74, 6) is 2.06. The molecule has 0 heterocycles. The predicted molar refractivity (Wildman–Crippen MR) is 148 cm³/mol. The summed E-state index contributed by atoms with van der Waals surface area (Å²) in [4.78, 5) is 12.6. The van der Waals surface area contributed by atoms with Crippen LogP contribution in [-0.4, -0.2) is 32.8 Å². The van der Waals surface area contributed by atoms with Gasteiger partial charge in [-0.1, -0.05) is 24.3 Å². The Morgan fingerprint density at radius 2 is 1.66 bits per heavy atom. The van der Waals surface area contributed by atoms with Gasteiger partial charge in [-0.2, -0.15) is 5.10 Å². The van der Waals surface area contributed by atoms with E-state index in [9.17, 15) is 13.2 Å². The van der Waals surface area contributed by atoms with Crippen molar-refractivity contribution in [1.29, 1.82) is 0 Å². The summed E-state index contributed by atoms with van der Waals surface area (Å²) in [6.07, 6.45) is 9.07. The van der Waals surface area contributed by atoms with E-state index in [0.717, 1.165) is 37.4 Å². The maximum absolute atomic E-state index is 12.6. The number of hydrogen-bond donors (Lipinski definition) is 1. The van der Waals surface area contributed by atoms with Crippen LogP contribution in [0.15, 0.2) is 53.6 Å². The molecule has 8 heteroatoms. The van der Waals surface area contributed by atoms with E-state index in [-0.39, 0.29) is 12.0 Å². The number of rotatable bonds is 7. The van der Waals surface area contributed by atoms with Gasteiger partial charge in [0.2, 0.25) is 10.0 Å². The number of carbonyl (C=O) groups excluding carboxylic acids is 1. The van der Waals surface area contributed by atoms with Crippen LogP contribution in [0, 0.1) is 21.3 Å². The number of carbonyl (C=O) groups is 1. The van der Waals surface area contributed by atoms with Gasteiger partial charge in [-0.25, -0.2) is 13.8 Å². The normalized spacial score (nSPS) is 27.6. The molecule has 0 aromatic heterocycles. The molecule has 4 saturated carbocycles. The second kappa shape index (κ2) is 9.50. The van der Waals surface area contributed by atoms with Crippen LogP contribution in [0.4, 0.5) is 5.69 Å². The lowest BCUT2D eigenvalue weighted by atomic mass is 9.48. The Hall–Kier alpha value is -1.94. The second-order valence-electron chi connectivity index (χ2n) is 10.8. The van der Waals surface area contributed by atoms with E-state index in [0.29, 0.717) is 11.4 Å². The Labute approximate surface area is 221 Å². The summed E-state index contributed by atoms with van der Waals surface area (Å²) in [5, 5.41) is 4.18. The molecule has 0 radical (unpaired) electrons. The maximum atomic E-state index is 12.6. The fraction of sp³-hybridized carbons (Fsp3) is 0.481. The number of nitrogens with one attached hydrogen (secondary N) is 1. The highest BCUT2D eigenvalue weighted by Crippen LogP contribution is 2.60. The second-order valence-corrected chi connectivity index (χ2v) is 13.9. The van der Waals surface area contributed by atoms with Crippen molar-refractivity contribution in [3.8, 4) is 0 Å². The third kappa shape index (κ3) is 5.28. The van der Waals surface area contributed by atoms with Crippen LogP contribution in [0.3, 0.4) is 0 Å². The minimum Gasteiger partial charge on any atom is -0.271 e. The smallest absolute Gasteiger partial charge is 0.260 e. The van der Waals surface area contributed by atoms with Crippen LogP contribution in [-0.2, 0) is 20.2 Å². The standard InChI is InChI=1S/C27H32IN3O3S/c1-18(22-4-3-5-24(28)13-22)29-30-26(32)17-31(35(2,33)34)25-8-6-23(7-9-25)27-14-19-10-20(15-27)12-21(11-19)16-27/h3-9,13,19-21H,10-12,14-17H2,1-2H3,(H,30,32)/b29-18-. The highest BCUT2D eigenvalue weighted by Gasteiger charge is 2.51. The van der Waals surface area contributed by atoms with Gasteiger partial charge in [0.25, 0.3) is 5.91 Å². The van der Waals surface area contributed by atoms with E-state index in [1.54, 1.807) is 0 Å². The first-order valence-corrected chi connectivity index (χ1v) is 15.2. The summed E-state index contributed by atoms with van der Waals surface area (Å²) in [7, 11) is -3.64. The molecular formula is C27H32IN3O3S. The Bertz CT molecular complexity index is 1220. The van der Waals surface area contributed by atoms with Crippen molar-refractivity contribution >= 4 is 49.9 Å². The van der Waals surface area contributed by atoms with E-state index in [2.05, 4.69) is 45.3 Å². The number of sulfonamides is 1. The minimum absolute atomic E-state index is 0.252. The number of nitrogens with zero attached hydrogens (tertiary/aromatic N) is 2. The topological polar surface area (TPSA) is 78.8 Å². The van der Waals surface area contributed by atoms with Gasteiger partial charge in [0, 0.05) is 3.57 Å². The molecule has 35 heavy (non-hydrogen) atoms. The fourth-order valence-corrected chi connectivity index (χ4v) is 8.34. The minimum atomic E-state index is -3.64. The number of hydrogen-bond acceptors (Lipinski definition) is 4. The van der Waals surface area contributed by atoms with Gasteiger partial charge in [0.05, 0.1) is 17.7 Å². The molecule has 4 bridgehead atoms. The molecule has 6 nitrogen and oxygen atoms in total. The summed E-state index contributed by atoms with van der Waals surface area (Å²) >= 11 is 2.22. The van der Waals surface area contributed by atoms with Crippen molar-refractivity contribution in [1.82, 2.24) is 5.43 Å². The van der Waals surface area contributed by atoms with Crippen molar-refractivity contribution in [3.63, 3.8) is 0 Å². The molecule has 4 aliphatic carbocycles. The van der Waals surface area contributed by atoms with Crippen LogP contribution in [0.25, 0.3) is 0 Å². The molecule has 186 valence electrons. The third-order valence-corrected chi connectivity index (χ3v) is 9.90. The van der Waals surface area contributed by atoms with E-state index < -0.39 is 15.9 Å². The molecule has 1 amide bonds. The van der Waals surface area contributed by atoms with Gasteiger partial charge in [-0.05, 0) is 127 Å². The highest BCUT2D eigenvalue weighted by atomic mass is 127. The number of halogens is 1. The lowest BCUT2D eigenvalue weighted by Gasteiger charge is -2.57. The molecule has 1 N–H and O–H groups in total. The lowest BCUT2D eigenvalue weighted by Crippen LogP contribution is -2.48. The number of hydrazone groups is 1. The molecule has 4 fully saturated rings. The van der Waals surface area contributed by atoms with Crippen LogP contribution in [0.1, 0.15) is 56.6 Å². The van der Waals surface area contributed by atoms with Gasteiger partial charge >= 0.3 is 0 Å². The number of anilines is 1. The molecule has 0 saturated heterocycles. The van der Waals surface area contributed by atoms with Crippen LogP contribution >= 0.6 is 22.6 Å². The average molecular weight is 606 g/mol. The van der Waals surface area contributed by atoms with Gasteiger partial charge in [0.1, 0.15) is 6.54 Å². The first-order chi connectivity index (χ1) is 16.6. The summed E-state index contributed by atoms with van der Waals surface area (Å²) in [5.41, 5.74) is 6.16. The molecule has 0 atom stereocenters. The largest absolute Gasteiger partial charge is 0.271 e. The third-order valence-electron chi connectivity index (χ3n) is 8.08. The van der Waals surface area contributed by atoms with Crippen molar-refractivity contribution in [2.24, 2.45) is 22.9 Å². The van der Waals surface area contributed by atoms with Crippen molar-refractivity contribution in [2.45, 2.75) is 50.9 Å². The highest BCUT2D eigenvalue weighted by molar-refractivity contribution is 14.1. The lowest BCUT2D eigenvalue weighted by molar-refractivity contribution is -0.119. The molecule has 0 aliphatic heterocycles. The summed E-state index contributed by atoms with van der Waals surface area (Å²) < 4.78 is 27.4. The van der Waals surface area contributed by atoms with E-state index >= 15 is 0 Å². The van der Waals surface area contributed by atoms with Gasteiger partial charge < -0.3 is 0 Å². The molecule has 0 spiro atoms. The molecular weight excluding hydrogens is 573 g/mol. The van der Waals surface area contributed by atoms with Crippen molar-refractivity contribution in [3.05, 3.63) is 63.2 Å². The van der Waals surface area contributed by atoms with Gasteiger partial charge in [0.15, 0.2) is 0 Å². The first-order valence-electron chi connectivity index (χ1n) is 12.3. The van der Waals surface area contributed by atoms with E-state index in [4.69, 9.17) is 0 Å². The number of benzene rings is 2. The van der Waals surface area contributed by atoms with Crippen molar-refractivity contribution in [2.75, 3.05) is 17.1 Å². The zero-order valence-corrected chi connectivity index (χ0v) is 23.2. The average Bonchev–Trinajstić information content (AvgIpc) is 2.79. The van der Waals surface area contributed by atoms with Crippen LogP contribution in [0.2, 0.25) is 0 Å². The molecule has 2 aromatic rings. The van der Waals surface area contributed by atoms with E-state index in [1.807, 2.05) is 43.3 Å². The van der Waals surface area contributed by atoms with Gasteiger partial charge in [-0.15, -0.1) is 0 Å². The predicted octanol–water partition coefficient (Wildman–Crippen LogP) is 5.07. The molecule has 0 unspecified atom stereocenters. The maximum Gasteiger partial charge on any atom is 0.260 e. The fourth-order valence-electron chi connectivity index (χ4n) is 6.94. The monoisotopic (exact) mass is 605 g/mol. The molecule has 4 aliphatic rings. The molecule has 6 rings (SSSR count). The Balaban J connectivity index is 1.30. The number of amides is 1. The van der Waals surface area contributed by atoms with Crippen molar-refractivity contribution < 1.29 is 13.2 Å². The van der Waals surface area contributed by atoms with Crippen LogP contribution in [0.5, 0.6) is 0 Å². The zero-order chi connectivity index (χ0) is 24.8. The zero-order valence-electron chi connectivity index (χ0n) is 20.2. The summed E-state index contributed by atoms with van der Waals surface area (Å²) in [6.45, 7) is 1.49. The van der Waals surface area contributed by atoms with Gasteiger partial charge in [-0.3, -0.25) is 9.10 Å². The SMILES string of the molecule is C/C(=N/NC(=O)CN(c1ccc(C23CC4CC(CC(C4)C2)C3)cc1)S(C)(=O)=O)c1cccc(I)c1.